The molecule has 2 N–H and O–H groups in total. The zero-order chi connectivity index (χ0) is 26.4. The lowest BCUT2D eigenvalue weighted by atomic mass is 9.95. The van der Waals surface area contributed by atoms with Crippen molar-refractivity contribution in [1.29, 1.82) is 0 Å². The van der Waals surface area contributed by atoms with Crippen LogP contribution in [0.2, 0.25) is 0 Å². The number of ether oxygens (including phenoxy) is 1. The van der Waals surface area contributed by atoms with Crippen LogP contribution in [0.5, 0.6) is 11.5 Å². The summed E-state index contributed by atoms with van der Waals surface area (Å²) in [6, 6.07) is 14.8. The number of thiazole rings is 1. The molecule has 3 aromatic carbocycles. The predicted molar refractivity (Wildman–Crippen MR) is 144 cm³/mol. The van der Waals surface area contributed by atoms with E-state index in [9.17, 15) is 19.8 Å². The molecular weight excluding hydrogens is 488 g/mol. The Balaban J connectivity index is 1.75. The molecule has 37 heavy (non-hydrogen) atoms. The van der Waals surface area contributed by atoms with Crippen LogP contribution in [0.15, 0.2) is 60.2 Å². The third kappa shape index (κ3) is 4.23. The fourth-order valence-corrected chi connectivity index (χ4v) is 5.81. The molecule has 1 saturated heterocycles. The minimum absolute atomic E-state index is 0.0471. The molecule has 2 heterocycles. The van der Waals surface area contributed by atoms with E-state index in [1.165, 1.54) is 22.3 Å². The second-order valence-corrected chi connectivity index (χ2v) is 10.1. The number of phenolic OH excluding ortho intramolecular Hbond substituents is 1. The van der Waals surface area contributed by atoms with Crippen LogP contribution in [0, 0.1) is 20.8 Å². The van der Waals surface area contributed by atoms with Crippen LogP contribution in [-0.4, -0.2) is 33.5 Å². The van der Waals surface area contributed by atoms with Crippen LogP contribution < -0.4 is 9.64 Å². The van der Waals surface area contributed by atoms with E-state index in [-0.39, 0.29) is 22.8 Å². The van der Waals surface area contributed by atoms with Crippen LogP contribution in [0.3, 0.4) is 0 Å². The summed E-state index contributed by atoms with van der Waals surface area (Å²) in [5, 5.41) is 22.0. The molecule has 5 rings (SSSR count). The quantitative estimate of drug-likeness (QED) is 0.194. The number of nitrogens with zero attached hydrogens (tertiary/aromatic N) is 2. The number of amides is 1. The molecule has 0 saturated carbocycles. The Labute approximate surface area is 218 Å². The fourth-order valence-electron chi connectivity index (χ4n) is 4.65. The van der Waals surface area contributed by atoms with Crippen molar-refractivity contribution in [3.8, 4) is 11.5 Å². The number of fused-ring (bicyclic) bond motifs is 1. The van der Waals surface area contributed by atoms with E-state index in [2.05, 4.69) is 0 Å². The van der Waals surface area contributed by atoms with Crippen LogP contribution in [0.1, 0.15) is 40.8 Å². The van der Waals surface area contributed by atoms with Crippen molar-refractivity contribution >= 4 is 44.1 Å². The second-order valence-electron chi connectivity index (χ2n) is 9.12. The molecule has 1 aromatic heterocycles. The first-order valence-corrected chi connectivity index (χ1v) is 12.7. The summed E-state index contributed by atoms with van der Waals surface area (Å²) in [5.41, 5.74) is 4.66. The minimum atomic E-state index is -0.969. The van der Waals surface area contributed by atoms with Crippen molar-refractivity contribution in [3.05, 3.63) is 88.0 Å². The maximum absolute atomic E-state index is 13.5. The largest absolute Gasteiger partial charge is 0.507 e. The standard InChI is InChI=1S/C29H26N2O5S/c1-5-36-21-14-19(10-11-20(21)32)25-23(26(33)18-8-6-15(2)7-9-18)27(34)28(35)31(25)29-30-24-17(4)12-16(3)13-22(24)37-29/h6-14,25,32-33H,5H2,1-4H3/b26-23+. The molecule has 1 atom stereocenters. The van der Waals surface area contributed by atoms with Gasteiger partial charge in [0.1, 0.15) is 5.76 Å². The Morgan fingerprint density at radius 3 is 2.46 bits per heavy atom. The van der Waals surface area contributed by atoms with Gasteiger partial charge < -0.3 is 14.9 Å². The van der Waals surface area contributed by atoms with Crippen LogP contribution in [0.4, 0.5) is 5.13 Å². The topological polar surface area (TPSA) is 100.0 Å². The van der Waals surface area contributed by atoms with Crippen molar-refractivity contribution in [3.63, 3.8) is 0 Å². The number of rotatable bonds is 5. The Kier molecular flexibility index (Phi) is 6.21. The number of aromatic hydroxyl groups is 1. The highest BCUT2D eigenvalue weighted by atomic mass is 32.1. The molecule has 188 valence electrons. The molecule has 4 aromatic rings. The number of hydrogen-bond acceptors (Lipinski definition) is 7. The molecule has 0 spiro atoms. The fraction of sp³-hybridized carbons (Fsp3) is 0.207. The van der Waals surface area contributed by atoms with Gasteiger partial charge >= 0.3 is 5.91 Å². The number of aliphatic hydroxyl groups excluding tert-OH is 1. The number of carbonyl (C=O) groups is 2. The Bertz CT molecular complexity index is 1590. The maximum Gasteiger partial charge on any atom is 0.301 e. The molecule has 1 fully saturated rings. The number of anilines is 1. The van der Waals surface area contributed by atoms with E-state index in [1.807, 2.05) is 45.0 Å². The summed E-state index contributed by atoms with van der Waals surface area (Å²) in [7, 11) is 0. The van der Waals surface area contributed by atoms with Gasteiger partial charge in [-0.3, -0.25) is 14.5 Å². The number of hydrogen-bond donors (Lipinski definition) is 2. The number of aromatic nitrogens is 1. The average Bonchev–Trinajstić information content (AvgIpc) is 3.39. The van der Waals surface area contributed by atoms with Crippen LogP contribution in [-0.2, 0) is 9.59 Å². The Morgan fingerprint density at radius 2 is 1.76 bits per heavy atom. The van der Waals surface area contributed by atoms with E-state index in [0.717, 1.165) is 26.9 Å². The molecule has 1 amide bonds. The van der Waals surface area contributed by atoms with Gasteiger partial charge in [0.15, 0.2) is 16.6 Å². The van der Waals surface area contributed by atoms with Gasteiger partial charge in [-0.05, 0) is 62.6 Å². The highest BCUT2D eigenvalue weighted by Gasteiger charge is 2.48. The van der Waals surface area contributed by atoms with E-state index < -0.39 is 17.7 Å². The molecule has 0 bridgehead atoms. The summed E-state index contributed by atoms with van der Waals surface area (Å²) >= 11 is 1.31. The van der Waals surface area contributed by atoms with Gasteiger partial charge in [-0.25, -0.2) is 4.98 Å². The third-order valence-electron chi connectivity index (χ3n) is 6.39. The van der Waals surface area contributed by atoms with Crippen molar-refractivity contribution in [2.24, 2.45) is 0 Å². The molecule has 8 heteroatoms. The number of benzene rings is 3. The number of aryl methyl sites for hydroxylation is 3. The second kappa shape index (κ2) is 9.37. The van der Waals surface area contributed by atoms with Gasteiger partial charge in [-0.15, -0.1) is 0 Å². The highest BCUT2D eigenvalue weighted by Crippen LogP contribution is 2.46. The lowest BCUT2D eigenvalue weighted by Gasteiger charge is -2.23. The van der Waals surface area contributed by atoms with Crippen LogP contribution in [0.25, 0.3) is 16.0 Å². The molecule has 1 unspecified atom stereocenters. The zero-order valence-electron chi connectivity index (χ0n) is 20.9. The van der Waals surface area contributed by atoms with Crippen molar-refractivity contribution in [2.75, 3.05) is 11.5 Å². The molecule has 0 aliphatic carbocycles. The molecule has 1 aliphatic heterocycles. The first-order chi connectivity index (χ1) is 17.7. The summed E-state index contributed by atoms with van der Waals surface area (Å²) < 4.78 is 6.47. The number of Topliss-reactive ketones (excluding diaryl/α,β-unsaturated/α-hetero) is 1. The van der Waals surface area contributed by atoms with Crippen LogP contribution >= 0.6 is 11.3 Å². The monoisotopic (exact) mass is 514 g/mol. The van der Waals surface area contributed by atoms with Crippen molar-refractivity contribution in [2.45, 2.75) is 33.7 Å². The smallest absolute Gasteiger partial charge is 0.301 e. The van der Waals surface area contributed by atoms with Crippen molar-refractivity contribution in [1.82, 2.24) is 4.98 Å². The van der Waals surface area contributed by atoms with Gasteiger partial charge in [0.25, 0.3) is 5.78 Å². The van der Waals surface area contributed by atoms with E-state index in [0.29, 0.717) is 22.9 Å². The Morgan fingerprint density at radius 1 is 1.03 bits per heavy atom. The van der Waals surface area contributed by atoms with Gasteiger partial charge in [0, 0.05) is 5.56 Å². The summed E-state index contributed by atoms with van der Waals surface area (Å²) in [5.74, 6) is -1.70. The van der Waals surface area contributed by atoms with Gasteiger partial charge in [0.2, 0.25) is 0 Å². The van der Waals surface area contributed by atoms with Gasteiger partial charge in [-0.2, -0.15) is 0 Å². The average molecular weight is 515 g/mol. The molecule has 7 nitrogen and oxygen atoms in total. The predicted octanol–water partition coefficient (Wildman–Crippen LogP) is 5.95. The van der Waals surface area contributed by atoms with E-state index in [4.69, 9.17) is 9.72 Å². The van der Waals surface area contributed by atoms with Crippen molar-refractivity contribution < 1.29 is 24.5 Å². The minimum Gasteiger partial charge on any atom is -0.507 e. The van der Waals surface area contributed by atoms with Gasteiger partial charge in [0.05, 0.1) is 28.4 Å². The SMILES string of the molecule is CCOc1cc(C2/C(=C(\O)c3ccc(C)cc3)C(=O)C(=O)N2c2nc3c(C)cc(C)cc3s2)ccc1O. The normalized spacial score (nSPS) is 17.1. The molecular formula is C29H26N2O5S. The molecule has 0 radical (unpaired) electrons. The third-order valence-corrected chi connectivity index (χ3v) is 7.40. The Hall–Kier alpha value is -4.17. The highest BCUT2D eigenvalue weighted by molar-refractivity contribution is 7.22. The first-order valence-electron chi connectivity index (χ1n) is 11.9. The summed E-state index contributed by atoms with van der Waals surface area (Å²) in [6.45, 7) is 7.98. The lowest BCUT2D eigenvalue weighted by Crippen LogP contribution is -2.29. The number of carbonyl (C=O) groups excluding carboxylic acids is 2. The summed E-state index contributed by atoms with van der Waals surface area (Å²) in [4.78, 5) is 33.0. The first kappa shape index (κ1) is 24.5. The van der Waals surface area contributed by atoms with E-state index in [1.54, 1.807) is 31.2 Å². The molecule has 1 aliphatic rings. The summed E-state index contributed by atoms with van der Waals surface area (Å²) in [6.07, 6.45) is 0. The van der Waals surface area contributed by atoms with Gasteiger partial charge in [-0.1, -0.05) is 53.3 Å². The lowest BCUT2D eigenvalue weighted by molar-refractivity contribution is -0.132. The number of aliphatic hydroxyl groups is 1. The zero-order valence-corrected chi connectivity index (χ0v) is 21.7. The maximum atomic E-state index is 13.5. The van der Waals surface area contributed by atoms with E-state index >= 15 is 0 Å². The number of ketones is 1. The number of phenols is 1.